The van der Waals surface area contributed by atoms with Crippen molar-refractivity contribution in [3.8, 4) is 22.8 Å². The van der Waals surface area contributed by atoms with Gasteiger partial charge < -0.3 is 19.3 Å². The highest BCUT2D eigenvalue weighted by molar-refractivity contribution is 5.96. The summed E-state index contributed by atoms with van der Waals surface area (Å²) >= 11 is 0. The van der Waals surface area contributed by atoms with Gasteiger partial charge in [0.15, 0.2) is 6.29 Å². The number of aromatic nitrogens is 1. The van der Waals surface area contributed by atoms with Gasteiger partial charge in [0.25, 0.3) is 0 Å². The van der Waals surface area contributed by atoms with Gasteiger partial charge in [-0.15, -0.1) is 0 Å². The van der Waals surface area contributed by atoms with Crippen LogP contribution in [0.2, 0.25) is 0 Å². The Balaban J connectivity index is 1.81. The van der Waals surface area contributed by atoms with E-state index in [0.29, 0.717) is 11.8 Å². The molecule has 0 saturated carbocycles. The molecule has 2 atom stereocenters. The van der Waals surface area contributed by atoms with Crippen LogP contribution in [0.1, 0.15) is 60.1 Å². The van der Waals surface area contributed by atoms with Gasteiger partial charge in [-0.3, -0.25) is 9.59 Å². The molecule has 0 unspecified atom stereocenters. The molecule has 0 aliphatic carbocycles. The van der Waals surface area contributed by atoms with E-state index < -0.39 is 35.4 Å². The van der Waals surface area contributed by atoms with Crippen LogP contribution in [-0.2, 0) is 9.53 Å². The van der Waals surface area contributed by atoms with E-state index in [1.165, 1.54) is 43.5 Å². The van der Waals surface area contributed by atoms with Crippen LogP contribution >= 0.6 is 0 Å². The molecule has 0 bridgehead atoms. The lowest BCUT2D eigenvalue weighted by molar-refractivity contribution is -0.163. The maximum absolute atomic E-state index is 14.4. The fraction of sp³-hybridized carbons (Fsp3) is 0.286. The number of rotatable bonds is 8. The lowest BCUT2D eigenvalue weighted by Crippen LogP contribution is -2.30. The van der Waals surface area contributed by atoms with E-state index in [4.69, 9.17) is 14.2 Å². The average molecular weight is 510 g/mol. The molecule has 8 nitrogen and oxygen atoms in total. The minimum absolute atomic E-state index is 0.0559. The Morgan fingerprint density at radius 3 is 2.46 bits per heavy atom. The van der Waals surface area contributed by atoms with E-state index in [1.54, 1.807) is 39.8 Å². The van der Waals surface area contributed by atoms with Gasteiger partial charge >= 0.3 is 11.9 Å². The molecule has 194 valence electrons. The largest absolute Gasteiger partial charge is 0.481 e. The van der Waals surface area contributed by atoms with Crippen molar-refractivity contribution in [3.63, 3.8) is 0 Å². The fourth-order valence-electron chi connectivity index (χ4n) is 3.51. The molecule has 3 aromatic rings. The van der Waals surface area contributed by atoms with Crippen LogP contribution in [0.3, 0.4) is 0 Å². The predicted octanol–water partition coefficient (Wildman–Crippen LogP) is 4.94. The first-order chi connectivity index (χ1) is 17.4. The third-order valence-electron chi connectivity index (χ3n) is 5.41. The summed E-state index contributed by atoms with van der Waals surface area (Å²) in [5.74, 6) is -2.56. The SMILES string of the molecule is COc1cc(-c2ccc(C(=O)Oc3cccc([C@H](O)[C@H](C)C(=O)OC(C)(C)C)c3)cc2C=O)c(F)cn1. The first kappa shape index (κ1) is 27.5. The second-order valence-electron chi connectivity index (χ2n) is 9.36. The Labute approximate surface area is 214 Å². The van der Waals surface area contributed by atoms with Crippen LogP contribution in [0, 0.1) is 11.7 Å². The molecule has 1 N–H and O–H groups in total. The highest BCUT2D eigenvalue weighted by Gasteiger charge is 2.28. The molecule has 3 rings (SSSR count). The highest BCUT2D eigenvalue weighted by Crippen LogP contribution is 2.30. The summed E-state index contributed by atoms with van der Waals surface area (Å²) in [5.41, 5.74) is 0.126. The lowest BCUT2D eigenvalue weighted by atomic mass is 9.97. The molecule has 0 aliphatic heterocycles. The number of aliphatic hydroxyl groups excluding tert-OH is 1. The number of aldehydes is 1. The third kappa shape index (κ3) is 6.77. The van der Waals surface area contributed by atoms with Crippen LogP contribution in [0.5, 0.6) is 11.6 Å². The molecular weight excluding hydrogens is 481 g/mol. The quantitative estimate of drug-likeness (QED) is 0.258. The van der Waals surface area contributed by atoms with Gasteiger partial charge in [0.2, 0.25) is 5.88 Å². The molecule has 1 aromatic heterocycles. The number of pyridine rings is 1. The van der Waals surface area contributed by atoms with Crippen molar-refractivity contribution in [2.45, 2.75) is 39.4 Å². The number of ether oxygens (including phenoxy) is 3. The number of nitrogens with zero attached hydrogens (tertiary/aromatic N) is 1. The number of aliphatic hydroxyl groups is 1. The van der Waals surface area contributed by atoms with Crippen molar-refractivity contribution < 1.29 is 38.1 Å². The first-order valence-electron chi connectivity index (χ1n) is 11.5. The van der Waals surface area contributed by atoms with Crippen molar-refractivity contribution in [2.24, 2.45) is 5.92 Å². The van der Waals surface area contributed by atoms with E-state index in [0.717, 1.165) is 6.20 Å². The number of hydrogen-bond acceptors (Lipinski definition) is 8. The van der Waals surface area contributed by atoms with Crippen molar-refractivity contribution in [1.82, 2.24) is 4.98 Å². The summed E-state index contributed by atoms with van der Waals surface area (Å²) in [5, 5.41) is 10.7. The average Bonchev–Trinajstić information content (AvgIpc) is 2.86. The Kier molecular flexibility index (Phi) is 8.39. The number of benzene rings is 2. The zero-order valence-electron chi connectivity index (χ0n) is 21.2. The molecule has 37 heavy (non-hydrogen) atoms. The Bertz CT molecular complexity index is 1320. The van der Waals surface area contributed by atoms with Crippen molar-refractivity contribution in [2.75, 3.05) is 7.11 Å². The second-order valence-corrected chi connectivity index (χ2v) is 9.36. The van der Waals surface area contributed by atoms with Crippen LogP contribution < -0.4 is 9.47 Å². The Morgan fingerprint density at radius 1 is 1.08 bits per heavy atom. The molecule has 0 fully saturated rings. The minimum atomic E-state index is -1.19. The molecule has 0 aliphatic rings. The Hall–Kier alpha value is -4.11. The van der Waals surface area contributed by atoms with Gasteiger partial charge in [-0.05, 0) is 63.1 Å². The molecule has 0 amide bonds. The molecule has 0 spiro atoms. The number of esters is 2. The molecule has 2 aromatic carbocycles. The Morgan fingerprint density at radius 2 is 1.81 bits per heavy atom. The molecule has 9 heteroatoms. The van der Waals surface area contributed by atoms with Crippen LogP contribution in [-0.4, -0.2) is 41.0 Å². The summed E-state index contributed by atoms with van der Waals surface area (Å²) in [6.07, 6.45) is 0.297. The van der Waals surface area contributed by atoms with Gasteiger partial charge in [0.1, 0.15) is 17.2 Å². The summed E-state index contributed by atoms with van der Waals surface area (Å²) in [6.45, 7) is 6.74. The van der Waals surface area contributed by atoms with E-state index in [9.17, 15) is 23.9 Å². The fourth-order valence-corrected chi connectivity index (χ4v) is 3.51. The van der Waals surface area contributed by atoms with Crippen molar-refractivity contribution in [3.05, 3.63) is 77.2 Å². The molecule has 0 saturated heterocycles. The number of carbonyl (C=O) groups is 3. The zero-order valence-corrected chi connectivity index (χ0v) is 21.2. The smallest absolute Gasteiger partial charge is 0.343 e. The van der Waals surface area contributed by atoms with Crippen molar-refractivity contribution >= 4 is 18.2 Å². The van der Waals surface area contributed by atoms with Gasteiger partial charge in [-0.25, -0.2) is 14.2 Å². The normalized spacial score (nSPS) is 12.8. The van der Waals surface area contributed by atoms with Gasteiger partial charge in [-0.1, -0.05) is 18.2 Å². The maximum atomic E-state index is 14.4. The summed E-state index contributed by atoms with van der Waals surface area (Å²) < 4.78 is 30.2. The maximum Gasteiger partial charge on any atom is 0.343 e. The topological polar surface area (TPSA) is 112 Å². The standard InChI is InChI=1S/C28H28FNO7/c1-16(26(33)37-28(2,3)4)25(32)17-7-6-8-20(12-17)36-27(34)18-9-10-21(19(11-18)15-31)22-13-24(35-5)30-14-23(22)29/h6-16,25,32H,1-5H3/t16-,25+/m0/s1. The van der Waals surface area contributed by atoms with Crippen LogP contribution in [0.4, 0.5) is 4.39 Å². The number of carbonyl (C=O) groups excluding carboxylic acids is 3. The molecular formula is C28H28FNO7. The number of halogens is 1. The lowest BCUT2D eigenvalue weighted by Gasteiger charge is -2.24. The van der Waals surface area contributed by atoms with Crippen molar-refractivity contribution in [1.29, 1.82) is 0 Å². The molecule has 1 heterocycles. The summed E-state index contributed by atoms with van der Waals surface area (Å²) in [7, 11) is 1.38. The monoisotopic (exact) mass is 509 g/mol. The highest BCUT2D eigenvalue weighted by atomic mass is 19.1. The van der Waals surface area contributed by atoms with Gasteiger partial charge in [0, 0.05) is 17.2 Å². The molecule has 0 radical (unpaired) electrons. The first-order valence-corrected chi connectivity index (χ1v) is 11.5. The van der Waals surface area contributed by atoms with E-state index in [1.807, 2.05) is 0 Å². The van der Waals surface area contributed by atoms with Crippen LogP contribution in [0.25, 0.3) is 11.1 Å². The second kappa shape index (κ2) is 11.3. The van der Waals surface area contributed by atoms with E-state index in [-0.39, 0.29) is 33.9 Å². The minimum Gasteiger partial charge on any atom is -0.481 e. The predicted molar refractivity (Wildman–Crippen MR) is 133 cm³/mol. The van der Waals surface area contributed by atoms with Crippen LogP contribution in [0.15, 0.2) is 54.7 Å². The summed E-state index contributed by atoms with van der Waals surface area (Å²) in [4.78, 5) is 40.7. The third-order valence-corrected chi connectivity index (χ3v) is 5.41. The van der Waals surface area contributed by atoms with Gasteiger partial charge in [0.05, 0.1) is 30.9 Å². The van der Waals surface area contributed by atoms with E-state index >= 15 is 0 Å². The number of hydrogen-bond donors (Lipinski definition) is 1. The number of methoxy groups -OCH3 is 1. The zero-order chi connectivity index (χ0) is 27.3. The van der Waals surface area contributed by atoms with E-state index in [2.05, 4.69) is 4.98 Å². The summed E-state index contributed by atoms with van der Waals surface area (Å²) in [6, 6.07) is 11.6. The van der Waals surface area contributed by atoms with Gasteiger partial charge in [-0.2, -0.15) is 0 Å².